The molecule has 1 rings (SSSR count). The standard InChI is InChI=1S/C11H15F2NO2S/c1-8(2)11(12,13)9-5-4-6-10(7-9)14-17(3,15)16/h4-8,14H,1-3H3. The Balaban J connectivity index is 3.10. The van der Waals surface area contributed by atoms with E-state index in [2.05, 4.69) is 4.72 Å². The van der Waals surface area contributed by atoms with Crippen molar-refractivity contribution in [2.24, 2.45) is 5.92 Å². The van der Waals surface area contributed by atoms with Crippen molar-refractivity contribution < 1.29 is 17.2 Å². The predicted molar refractivity (Wildman–Crippen MR) is 63.6 cm³/mol. The first-order valence-electron chi connectivity index (χ1n) is 5.09. The number of hydrogen-bond acceptors (Lipinski definition) is 2. The van der Waals surface area contributed by atoms with Crippen molar-refractivity contribution in [1.82, 2.24) is 0 Å². The number of alkyl halides is 2. The second-order valence-electron chi connectivity index (χ2n) is 4.23. The zero-order valence-corrected chi connectivity index (χ0v) is 10.7. The van der Waals surface area contributed by atoms with Crippen LogP contribution in [-0.4, -0.2) is 14.7 Å². The van der Waals surface area contributed by atoms with Gasteiger partial charge in [0.05, 0.1) is 6.26 Å². The largest absolute Gasteiger partial charge is 0.284 e. The van der Waals surface area contributed by atoms with E-state index in [1.54, 1.807) is 0 Å². The third kappa shape index (κ3) is 3.66. The van der Waals surface area contributed by atoms with Gasteiger partial charge in [-0.3, -0.25) is 4.72 Å². The topological polar surface area (TPSA) is 46.2 Å². The molecule has 6 heteroatoms. The molecule has 0 aliphatic rings. The number of benzene rings is 1. The predicted octanol–water partition coefficient (Wildman–Crippen LogP) is 2.81. The van der Waals surface area contributed by atoms with Crippen molar-refractivity contribution in [1.29, 1.82) is 0 Å². The molecule has 0 aliphatic heterocycles. The summed E-state index contributed by atoms with van der Waals surface area (Å²) in [5.41, 5.74) is -0.0496. The molecule has 0 atom stereocenters. The van der Waals surface area contributed by atoms with Gasteiger partial charge < -0.3 is 0 Å². The lowest BCUT2D eigenvalue weighted by molar-refractivity contribution is -0.0513. The third-order valence-electron chi connectivity index (χ3n) is 2.28. The molecule has 0 heterocycles. The minimum absolute atomic E-state index is 0.144. The maximum Gasteiger partial charge on any atom is 0.275 e. The fraction of sp³-hybridized carbons (Fsp3) is 0.455. The van der Waals surface area contributed by atoms with E-state index in [-0.39, 0.29) is 11.3 Å². The van der Waals surface area contributed by atoms with Crippen LogP contribution in [-0.2, 0) is 15.9 Å². The molecule has 0 aromatic heterocycles. The molecule has 1 aromatic carbocycles. The molecule has 0 unspecified atom stereocenters. The van der Waals surface area contributed by atoms with Crippen LogP contribution < -0.4 is 4.72 Å². The molecule has 96 valence electrons. The smallest absolute Gasteiger partial charge is 0.275 e. The van der Waals surface area contributed by atoms with Crippen molar-refractivity contribution in [2.45, 2.75) is 19.8 Å². The van der Waals surface area contributed by atoms with Crippen LogP contribution in [0.2, 0.25) is 0 Å². The Kier molecular flexibility index (Phi) is 3.76. The first-order valence-corrected chi connectivity index (χ1v) is 6.98. The molecule has 0 saturated carbocycles. The van der Waals surface area contributed by atoms with Gasteiger partial charge in [0.15, 0.2) is 0 Å². The fourth-order valence-electron chi connectivity index (χ4n) is 1.34. The minimum Gasteiger partial charge on any atom is -0.284 e. The van der Waals surface area contributed by atoms with Crippen LogP contribution in [0.3, 0.4) is 0 Å². The van der Waals surface area contributed by atoms with Gasteiger partial charge in [-0.25, -0.2) is 17.2 Å². The number of anilines is 1. The zero-order valence-electron chi connectivity index (χ0n) is 9.87. The summed E-state index contributed by atoms with van der Waals surface area (Å²) < 4.78 is 51.6. The lowest BCUT2D eigenvalue weighted by atomic mass is 9.97. The quantitative estimate of drug-likeness (QED) is 0.908. The van der Waals surface area contributed by atoms with Gasteiger partial charge in [-0.05, 0) is 12.1 Å². The molecule has 3 nitrogen and oxygen atoms in total. The van der Waals surface area contributed by atoms with Crippen LogP contribution in [0.1, 0.15) is 19.4 Å². The fourth-order valence-corrected chi connectivity index (χ4v) is 1.89. The second-order valence-corrected chi connectivity index (χ2v) is 5.98. The van der Waals surface area contributed by atoms with Crippen molar-refractivity contribution in [2.75, 3.05) is 11.0 Å². The van der Waals surface area contributed by atoms with Crippen molar-refractivity contribution in [3.63, 3.8) is 0 Å². The van der Waals surface area contributed by atoms with E-state index in [0.29, 0.717) is 0 Å². The van der Waals surface area contributed by atoms with Crippen LogP contribution in [0.5, 0.6) is 0 Å². The SMILES string of the molecule is CC(C)C(F)(F)c1cccc(NS(C)(=O)=O)c1. The van der Waals surface area contributed by atoms with Gasteiger partial charge in [0.2, 0.25) is 10.0 Å². The molecule has 0 radical (unpaired) electrons. The van der Waals surface area contributed by atoms with Gasteiger partial charge in [0, 0.05) is 17.2 Å². The molecule has 0 saturated heterocycles. The maximum atomic E-state index is 13.7. The summed E-state index contributed by atoms with van der Waals surface area (Å²) in [5, 5.41) is 0. The van der Waals surface area contributed by atoms with Crippen molar-refractivity contribution in [3.8, 4) is 0 Å². The molecule has 0 fully saturated rings. The molecule has 0 bridgehead atoms. The number of nitrogens with one attached hydrogen (secondary N) is 1. The Bertz CT molecular complexity index is 498. The highest BCUT2D eigenvalue weighted by Crippen LogP contribution is 2.36. The molecule has 0 amide bonds. The van der Waals surface area contributed by atoms with Gasteiger partial charge in [-0.15, -0.1) is 0 Å². The average Bonchev–Trinajstić information content (AvgIpc) is 2.15. The van der Waals surface area contributed by atoms with E-state index in [0.717, 1.165) is 12.3 Å². The van der Waals surface area contributed by atoms with E-state index in [4.69, 9.17) is 0 Å². The van der Waals surface area contributed by atoms with Gasteiger partial charge in [-0.1, -0.05) is 26.0 Å². The summed E-state index contributed by atoms with van der Waals surface area (Å²) >= 11 is 0. The molecule has 17 heavy (non-hydrogen) atoms. The summed E-state index contributed by atoms with van der Waals surface area (Å²) in [5.74, 6) is -3.83. The Morgan fingerprint density at radius 3 is 2.35 bits per heavy atom. The molecule has 1 N–H and O–H groups in total. The van der Waals surface area contributed by atoms with Crippen LogP contribution in [0.15, 0.2) is 24.3 Å². The summed E-state index contributed by atoms with van der Waals surface area (Å²) in [6.07, 6.45) is 0.972. The number of halogens is 2. The summed E-state index contributed by atoms with van der Waals surface area (Å²) in [4.78, 5) is 0. The van der Waals surface area contributed by atoms with E-state index < -0.39 is 21.9 Å². The highest BCUT2D eigenvalue weighted by atomic mass is 32.2. The highest BCUT2D eigenvalue weighted by molar-refractivity contribution is 7.92. The summed E-state index contributed by atoms with van der Waals surface area (Å²) in [6, 6.07) is 5.27. The monoisotopic (exact) mass is 263 g/mol. The normalized spacial score (nSPS) is 12.8. The number of rotatable bonds is 4. The van der Waals surface area contributed by atoms with Gasteiger partial charge in [0.1, 0.15) is 0 Å². The highest BCUT2D eigenvalue weighted by Gasteiger charge is 2.35. The maximum absolute atomic E-state index is 13.7. The summed E-state index contributed by atoms with van der Waals surface area (Å²) in [6.45, 7) is 2.83. The lowest BCUT2D eigenvalue weighted by Crippen LogP contribution is -2.21. The number of hydrogen-bond donors (Lipinski definition) is 1. The first kappa shape index (κ1) is 13.9. The first-order chi connectivity index (χ1) is 7.63. The number of sulfonamides is 1. The molecule has 0 aliphatic carbocycles. The van der Waals surface area contributed by atoms with Crippen LogP contribution in [0.25, 0.3) is 0 Å². The minimum atomic E-state index is -3.45. The van der Waals surface area contributed by atoms with Gasteiger partial charge in [0.25, 0.3) is 5.92 Å². The van der Waals surface area contributed by atoms with Gasteiger partial charge in [-0.2, -0.15) is 0 Å². The second kappa shape index (κ2) is 4.60. The third-order valence-corrected chi connectivity index (χ3v) is 2.88. The Hall–Kier alpha value is -1.17. The van der Waals surface area contributed by atoms with E-state index in [1.165, 1.54) is 32.0 Å². The molecular weight excluding hydrogens is 248 g/mol. The molecule has 1 aromatic rings. The molecular formula is C11H15F2NO2S. The Morgan fingerprint density at radius 2 is 1.88 bits per heavy atom. The van der Waals surface area contributed by atoms with E-state index in [9.17, 15) is 17.2 Å². The average molecular weight is 263 g/mol. The van der Waals surface area contributed by atoms with Crippen LogP contribution in [0.4, 0.5) is 14.5 Å². The Labute approximate surface area is 99.9 Å². The lowest BCUT2D eigenvalue weighted by Gasteiger charge is -2.21. The summed E-state index contributed by atoms with van der Waals surface area (Å²) in [7, 11) is -3.45. The molecule has 0 spiro atoms. The zero-order chi connectivity index (χ0) is 13.3. The Morgan fingerprint density at radius 1 is 1.29 bits per heavy atom. The van der Waals surface area contributed by atoms with E-state index >= 15 is 0 Å². The van der Waals surface area contributed by atoms with Crippen molar-refractivity contribution >= 4 is 15.7 Å². The van der Waals surface area contributed by atoms with Gasteiger partial charge >= 0.3 is 0 Å². The van der Waals surface area contributed by atoms with Crippen LogP contribution >= 0.6 is 0 Å². The van der Waals surface area contributed by atoms with E-state index in [1.807, 2.05) is 0 Å². The van der Waals surface area contributed by atoms with Crippen molar-refractivity contribution in [3.05, 3.63) is 29.8 Å². The van der Waals surface area contributed by atoms with Crippen LogP contribution in [0, 0.1) is 5.92 Å².